The summed E-state index contributed by atoms with van der Waals surface area (Å²) in [6.45, 7) is 0.704. The molecule has 1 amide bonds. The molecule has 0 aromatic heterocycles. The van der Waals surface area contributed by atoms with E-state index in [1.54, 1.807) is 29.2 Å². The highest BCUT2D eigenvalue weighted by Crippen LogP contribution is 2.26. The number of nitrogens with zero attached hydrogens (tertiary/aromatic N) is 1. The van der Waals surface area contributed by atoms with Crippen LogP contribution in [-0.4, -0.2) is 35.1 Å². The molecule has 0 radical (unpaired) electrons. The van der Waals surface area contributed by atoms with Gasteiger partial charge in [-0.2, -0.15) is 0 Å². The van der Waals surface area contributed by atoms with E-state index in [0.717, 1.165) is 12.8 Å². The highest BCUT2D eigenvalue weighted by atomic mass is 35.5. The van der Waals surface area contributed by atoms with Crippen molar-refractivity contribution in [1.29, 1.82) is 0 Å². The first kappa shape index (κ1) is 14.4. The lowest BCUT2D eigenvalue weighted by atomic mass is 10.2. The Labute approximate surface area is 122 Å². The van der Waals surface area contributed by atoms with Crippen molar-refractivity contribution in [2.45, 2.75) is 18.9 Å². The summed E-state index contributed by atoms with van der Waals surface area (Å²) in [5.74, 6) is -0.104. The second-order valence-corrected chi connectivity index (χ2v) is 5.27. The Hall–Kier alpha value is -1.03. The number of hydrogen-bond donors (Lipinski definition) is 1. The zero-order valence-electron chi connectivity index (χ0n) is 10.4. The van der Waals surface area contributed by atoms with Gasteiger partial charge < -0.3 is 10.0 Å². The molecule has 1 unspecified atom stereocenters. The predicted octanol–water partition coefficient (Wildman–Crippen LogP) is 2.99. The minimum absolute atomic E-state index is 0.0114. The third-order valence-corrected chi connectivity index (χ3v) is 4.09. The van der Waals surface area contributed by atoms with Gasteiger partial charge in [-0.05, 0) is 30.5 Å². The van der Waals surface area contributed by atoms with Crippen molar-refractivity contribution in [3.8, 4) is 0 Å². The summed E-state index contributed by atoms with van der Waals surface area (Å²) in [5.41, 5.74) is 0.710. The summed E-state index contributed by atoms with van der Waals surface area (Å²) in [6, 6.07) is 5.22. The van der Waals surface area contributed by atoms with Crippen molar-refractivity contribution < 1.29 is 9.90 Å². The van der Waals surface area contributed by atoms with Gasteiger partial charge in [0.1, 0.15) is 0 Å². The smallest absolute Gasteiger partial charge is 0.246 e. The number of carbonyl (C=O) groups excluding carboxylic acids is 1. The molecular weight excluding hydrogens is 285 g/mol. The summed E-state index contributed by atoms with van der Waals surface area (Å²) in [4.78, 5) is 13.7. The van der Waals surface area contributed by atoms with Crippen LogP contribution in [0.4, 0.5) is 0 Å². The lowest BCUT2D eigenvalue weighted by Crippen LogP contribution is -2.36. The Balaban J connectivity index is 2.10. The molecule has 0 bridgehead atoms. The van der Waals surface area contributed by atoms with Crippen LogP contribution in [0.5, 0.6) is 0 Å². The van der Waals surface area contributed by atoms with Gasteiger partial charge in [-0.3, -0.25) is 4.79 Å². The molecular formula is C14H15Cl2NO2. The van der Waals surface area contributed by atoms with Gasteiger partial charge in [-0.15, -0.1) is 0 Å². The molecule has 1 heterocycles. The van der Waals surface area contributed by atoms with Crippen molar-refractivity contribution in [2.75, 3.05) is 13.2 Å². The van der Waals surface area contributed by atoms with Gasteiger partial charge in [0.15, 0.2) is 0 Å². The number of aliphatic hydroxyl groups excluding tert-OH is 1. The minimum Gasteiger partial charge on any atom is -0.394 e. The first-order chi connectivity index (χ1) is 9.13. The maximum absolute atomic E-state index is 12.0. The number of hydrogen-bond acceptors (Lipinski definition) is 2. The molecule has 0 saturated carbocycles. The van der Waals surface area contributed by atoms with Crippen LogP contribution in [-0.2, 0) is 4.79 Å². The molecule has 1 atom stereocenters. The van der Waals surface area contributed by atoms with Crippen molar-refractivity contribution in [3.05, 3.63) is 39.9 Å². The summed E-state index contributed by atoms with van der Waals surface area (Å²) in [7, 11) is 0. The number of rotatable bonds is 3. The fourth-order valence-electron chi connectivity index (χ4n) is 2.22. The monoisotopic (exact) mass is 299 g/mol. The first-order valence-corrected chi connectivity index (χ1v) is 6.92. The average Bonchev–Trinajstić information content (AvgIpc) is 2.88. The molecule has 1 saturated heterocycles. The van der Waals surface area contributed by atoms with Crippen LogP contribution < -0.4 is 0 Å². The van der Waals surface area contributed by atoms with Gasteiger partial charge in [0.05, 0.1) is 22.7 Å². The van der Waals surface area contributed by atoms with E-state index >= 15 is 0 Å². The summed E-state index contributed by atoms with van der Waals surface area (Å²) >= 11 is 12.0. The Morgan fingerprint density at radius 1 is 1.47 bits per heavy atom. The van der Waals surface area contributed by atoms with Crippen LogP contribution in [0.25, 0.3) is 6.08 Å². The van der Waals surface area contributed by atoms with Crippen LogP contribution in [0.3, 0.4) is 0 Å². The Kier molecular flexibility index (Phi) is 4.86. The van der Waals surface area contributed by atoms with E-state index < -0.39 is 0 Å². The third kappa shape index (κ3) is 3.30. The number of amides is 1. The van der Waals surface area contributed by atoms with E-state index in [-0.39, 0.29) is 18.6 Å². The van der Waals surface area contributed by atoms with E-state index in [2.05, 4.69) is 0 Å². The van der Waals surface area contributed by atoms with E-state index in [1.165, 1.54) is 6.08 Å². The van der Waals surface area contributed by atoms with Crippen LogP contribution in [0.1, 0.15) is 18.4 Å². The van der Waals surface area contributed by atoms with Gasteiger partial charge in [0.2, 0.25) is 5.91 Å². The van der Waals surface area contributed by atoms with Crippen molar-refractivity contribution in [2.24, 2.45) is 0 Å². The first-order valence-electron chi connectivity index (χ1n) is 6.17. The zero-order chi connectivity index (χ0) is 13.8. The number of halogens is 2. The summed E-state index contributed by atoms with van der Waals surface area (Å²) in [6.07, 6.45) is 4.92. The average molecular weight is 300 g/mol. The van der Waals surface area contributed by atoms with E-state index in [9.17, 15) is 9.90 Å². The van der Waals surface area contributed by atoms with Crippen molar-refractivity contribution in [1.82, 2.24) is 4.90 Å². The van der Waals surface area contributed by atoms with E-state index in [4.69, 9.17) is 23.2 Å². The second kappa shape index (κ2) is 6.42. The van der Waals surface area contributed by atoms with Gasteiger partial charge in [-0.1, -0.05) is 35.3 Å². The number of benzene rings is 1. The van der Waals surface area contributed by atoms with Crippen LogP contribution in [0.15, 0.2) is 24.3 Å². The lowest BCUT2D eigenvalue weighted by molar-refractivity contribution is -0.127. The maximum Gasteiger partial charge on any atom is 0.246 e. The fourth-order valence-corrected chi connectivity index (χ4v) is 2.59. The number of carbonyl (C=O) groups is 1. The summed E-state index contributed by atoms with van der Waals surface area (Å²) < 4.78 is 0. The quantitative estimate of drug-likeness (QED) is 0.872. The minimum atomic E-state index is -0.104. The molecule has 102 valence electrons. The fraction of sp³-hybridized carbons (Fsp3) is 0.357. The van der Waals surface area contributed by atoms with Crippen LogP contribution >= 0.6 is 23.2 Å². The zero-order valence-corrected chi connectivity index (χ0v) is 11.9. The van der Waals surface area contributed by atoms with Gasteiger partial charge in [0, 0.05) is 12.6 Å². The molecule has 0 aliphatic carbocycles. The molecule has 3 nitrogen and oxygen atoms in total. The highest BCUT2D eigenvalue weighted by Gasteiger charge is 2.26. The molecule has 2 rings (SSSR count). The van der Waals surface area contributed by atoms with Crippen LogP contribution in [0, 0.1) is 0 Å². The number of aliphatic hydroxyl groups is 1. The summed E-state index contributed by atoms with van der Waals surface area (Å²) in [5, 5.41) is 10.1. The topological polar surface area (TPSA) is 40.5 Å². The Morgan fingerprint density at radius 3 is 3.00 bits per heavy atom. The normalized spacial score (nSPS) is 19.3. The Morgan fingerprint density at radius 2 is 2.26 bits per heavy atom. The number of likely N-dealkylation sites (tertiary alicyclic amines) is 1. The highest BCUT2D eigenvalue weighted by molar-refractivity contribution is 6.42. The molecule has 19 heavy (non-hydrogen) atoms. The maximum atomic E-state index is 12.0. The van der Waals surface area contributed by atoms with Gasteiger partial charge >= 0.3 is 0 Å². The van der Waals surface area contributed by atoms with Crippen LogP contribution in [0.2, 0.25) is 10.0 Å². The molecule has 1 N–H and O–H groups in total. The van der Waals surface area contributed by atoms with Crippen molar-refractivity contribution in [3.63, 3.8) is 0 Å². The largest absolute Gasteiger partial charge is 0.394 e. The third-order valence-electron chi connectivity index (χ3n) is 3.26. The standard InChI is InChI=1S/C14H15Cl2NO2/c15-12-5-1-3-10(14(12)16)6-7-13(19)17-8-2-4-11(17)9-18/h1,3,5-7,11,18H,2,4,8-9H2/b7-6+. The molecule has 1 aromatic carbocycles. The molecule has 1 aromatic rings. The molecule has 1 fully saturated rings. The van der Waals surface area contributed by atoms with Gasteiger partial charge in [-0.25, -0.2) is 0 Å². The van der Waals surface area contributed by atoms with Crippen molar-refractivity contribution >= 4 is 35.2 Å². The second-order valence-electron chi connectivity index (χ2n) is 4.49. The molecule has 5 heteroatoms. The molecule has 1 aliphatic heterocycles. The molecule has 0 spiro atoms. The predicted molar refractivity (Wildman–Crippen MR) is 77.3 cm³/mol. The van der Waals surface area contributed by atoms with Gasteiger partial charge in [0.25, 0.3) is 0 Å². The van der Waals surface area contributed by atoms with E-state index in [0.29, 0.717) is 22.2 Å². The molecule has 1 aliphatic rings. The lowest BCUT2D eigenvalue weighted by Gasteiger charge is -2.21. The van der Waals surface area contributed by atoms with E-state index in [1.807, 2.05) is 0 Å². The SMILES string of the molecule is O=C(/C=C/c1cccc(Cl)c1Cl)N1CCCC1CO. The Bertz CT molecular complexity index is 502.